The van der Waals surface area contributed by atoms with Crippen molar-refractivity contribution in [2.45, 2.75) is 19.8 Å². The Morgan fingerprint density at radius 2 is 2.00 bits per heavy atom. The van der Waals surface area contributed by atoms with E-state index in [4.69, 9.17) is 10.5 Å². The average molecular weight is 259 g/mol. The summed E-state index contributed by atoms with van der Waals surface area (Å²) >= 11 is 0. The van der Waals surface area contributed by atoms with Crippen LogP contribution in [0.5, 0.6) is 5.75 Å². The minimum atomic E-state index is -0.202. The van der Waals surface area contributed by atoms with Gasteiger partial charge in [0.15, 0.2) is 0 Å². The van der Waals surface area contributed by atoms with Crippen LogP contribution in [0.4, 0.5) is 10.1 Å². The highest BCUT2D eigenvalue weighted by Crippen LogP contribution is 2.16. The van der Waals surface area contributed by atoms with E-state index in [2.05, 4.69) is 6.07 Å². The monoisotopic (exact) mass is 259 g/mol. The number of rotatable bonds is 5. The molecule has 0 amide bonds. The Morgan fingerprint density at radius 3 is 2.74 bits per heavy atom. The third-order valence-electron chi connectivity index (χ3n) is 2.96. The van der Waals surface area contributed by atoms with Crippen molar-refractivity contribution in [3.05, 3.63) is 59.4 Å². The van der Waals surface area contributed by atoms with Gasteiger partial charge in [0, 0.05) is 5.69 Å². The molecular formula is C16H18FNO. The van der Waals surface area contributed by atoms with Gasteiger partial charge < -0.3 is 10.5 Å². The van der Waals surface area contributed by atoms with Crippen molar-refractivity contribution in [2.24, 2.45) is 0 Å². The van der Waals surface area contributed by atoms with Crippen molar-refractivity contribution in [3.63, 3.8) is 0 Å². The molecule has 2 N–H and O–H groups in total. The fraction of sp³-hybridized carbons (Fsp3) is 0.250. The third-order valence-corrected chi connectivity index (χ3v) is 2.96. The number of halogens is 1. The lowest BCUT2D eigenvalue weighted by Gasteiger charge is -2.07. The molecule has 2 rings (SSSR count). The molecule has 0 saturated carbocycles. The third kappa shape index (κ3) is 3.98. The molecule has 2 nitrogen and oxygen atoms in total. The Bertz CT molecular complexity index is 554. The molecule has 0 aliphatic heterocycles. The van der Waals surface area contributed by atoms with Crippen LogP contribution in [0, 0.1) is 12.7 Å². The molecular weight excluding hydrogens is 241 g/mol. The number of benzene rings is 2. The van der Waals surface area contributed by atoms with E-state index in [0.717, 1.165) is 18.5 Å². The zero-order valence-electron chi connectivity index (χ0n) is 11.0. The smallest absolute Gasteiger partial charge is 0.126 e. The van der Waals surface area contributed by atoms with Crippen molar-refractivity contribution >= 4 is 5.69 Å². The molecule has 3 heteroatoms. The average Bonchev–Trinajstić information content (AvgIpc) is 2.39. The Morgan fingerprint density at radius 1 is 1.16 bits per heavy atom. The maximum atomic E-state index is 13.1. The Hall–Kier alpha value is -2.03. The Kier molecular flexibility index (Phi) is 4.39. The summed E-state index contributed by atoms with van der Waals surface area (Å²) in [7, 11) is 0. The first-order chi connectivity index (χ1) is 9.15. The minimum Gasteiger partial charge on any atom is -0.494 e. The van der Waals surface area contributed by atoms with Crippen LogP contribution in [0.15, 0.2) is 42.5 Å². The van der Waals surface area contributed by atoms with Gasteiger partial charge in [-0.15, -0.1) is 0 Å². The predicted molar refractivity (Wildman–Crippen MR) is 75.8 cm³/mol. The minimum absolute atomic E-state index is 0.202. The van der Waals surface area contributed by atoms with E-state index in [1.165, 1.54) is 11.6 Å². The van der Waals surface area contributed by atoms with Gasteiger partial charge in [-0.25, -0.2) is 4.39 Å². The number of ether oxygens (including phenoxy) is 1. The maximum Gasteiger partial charge on any atom is 0.126 e. The van der Waals surface area contributed by atoms with Crippen LogP contribution in [0.25, 0.3) is 0 Å². The Labute approximate surface area is 113 Å². The summed E-state index contributed by atoms with van der Waals surface area (Å²) in [6, 6.07) is 12.7. The van der Waals surface area contributed by atoms with Gasteiger partial charge in [0.2, 0.25) is 0 Å². The van der Waals surface area contributed by atoms with E-state index in [1.54, 1.807) is 19.1 Å². The standard InChI is InChI=1S/C16H18FNO/c1-12-10-15(7-8-16(12)17)19-9-3-5-13-4-2-6-14(18)11-13/h2,4,6-8,10-11H,3,5,9,18H2,1H3. The molecule has 0 aliphatic rings. The molecule has 2 aromatic rings. The molecule has 100 valence electrons. The number of aryl methyl sites for hydroxylation is 2. The molecule has 0 radical (unpaired) electrons. The van der Waals surface area contributed by atoms with E-state index in [-0.39, 0.29) is 5.82 Å². The number of nitrogens with two attached hydrogens (primary N) is 1. The van der Waals surface area contributed by atoms with E-state index in [9.17, 15) is 4.39 Å². The highest BCUT2D eigenvalue weighted by molar-refractivity contribution is 5.40. The number of anilines is 1. The van der Waals surface area contributed by atoms with Crippen molar-refractivity contribution in [3.8, 4) is 5.75 Å². The normalized spacial score (nSPS) is 10.4. The van der Waals surface area contributed by atoms with Gasteiger partial charge in [-0.1, -0.05) is 12.1 Å². The molecule has 0 fully saturated rings. The summed E-state index contributed by atoms with van der Waals surface area (Å²) in [4.78, 5) is 0. The Balaban J connectivity index is 1.79. The van der Waals surface area contributed by atoms with Crippen molar-refractivity contribution < 1.29 is 9.13 Å². The van der Waals surface area contributed by atoms with Crippen LogP contribution < -0.4 is 10.5 Å². The first-order valence-electron chi connectivity index (χ1n) is 6.38. The zero-order chi connectivity index (χ0) is 13.7. The van der Waals surface area contributed by atoms with Crippen LogP contribution in [0.1, 0.15) is 17.5 Å². The topological polar surface area (TPSA) is 35.2 Å². The molecule has 0 unspecified atom stereocenters. The summed E-state index contributed by atoms with van der Waals surface area (Å²) in [6.07, 6.45) is 1.82. The van der Waals surface area contributed by atoms with Gasteiger partial charge in [-0.3, -0.25) is 0 Å². The van der Waals surface area contributed by atoms with Gasteiger partial charge >= 0.3 is 0 Å². The van der Waals surface area contributed by atoms with Crippen LogP contribution in [-0.4, -0.2) is 6.61 Å². The highest BCUT2D eigenvalue weighted by Gasteiger charge is 2.00. The molecule has 19 heavy (non-hydrogen) atoms. The highest BCUT2D eigenvalue weighted by atomic mass is 19.1. The SMILES string of the molecule is Cc1cc(OCCCc2cccc(N)c2)ccc1F. The van der Waals surface area contributed by atoms with Gasteiger partial charge in [0.25, 0.3) is 0 Å². The predicted octanol–water partition coefficient (Wildman–Crippen LogP) is 3.73. The maximum absolute atomic E-state index is 13.1. The van der Waals surface area contributed by atoms with Crippen LogP contribution in [0.2, 0.25) is 0 Å². The van der Waals surface area contributed by atoms with Gasteiger partial charge in [0.1, 0.15) is 11.6 Å². The van der Waals surface area contributed by atoms with Gasteiger partial charge in [-0.2, -0.15) is 0 Å². The number of hydrogen-bond donors (Lipinski definition) is 1. The second kappa shape index (κ2) is 6.23. The van der Waals surface area contributed by atoms with Crippen molar-refractivity contribution in [1.82, 2.24) is 0 Å². The molecule has 0 saturated heterocycles. The van der Waals surface area contributed by atoms with Crippen molar-refractivity contribution in [1.29, 1.82) is 0 Å². The molecule has 0 bridgehead atoms. The van der Waals surface area contributed by atoms with E-state index < -0.39 is 0 Å². The van der Waals surface area contributed by atoms with E-state index in [1.807, 2.05) is 18.2 Å². The summed E-state index contributed by atoms with van der Waals surface area (Å²) in [5, 5.41) is 0. The molecule has 0 spiro atoms. The first kappa shape index (κ1) is 13.4. The second-order valence-electron chi connectivity index (χ2n) is 4.61. The number of hydrogen-bond acceptors (Lipinski definition) is 2. The quantitative estimate of drug-likeness (QED) is 0.656. The van der Waals surface area contributed by atoms with Crippen LogP contribution in [0.3, 0.4) is 0 Å². The van der Waals surface area contributed by atoms with E-state index >= 15 is 0 Å². The largest absolute Gasteiger partial charge is 0.494 e. The molecule has 0 aromatic heterocycles. The lowest BCUT2D eigenvalue weighted by atomic mass is 10.1. The summed E-state index contributed by atoms with van der Waals surface area (Å²) < 4.78 is 18.7. The first-order valence-corrected chi connectivity index (χ1v) is 6.38. The molecule has 0 aliphatic carbocycles. The molecule has 0 atom stereocenters. The van der Waals surface area contributed by atoms with E-state index in [0.29, 0.717) is 17.9 Å². The fourth-order valence-electron chi connectivity index (χ4n) is 1.92. The summed E-state index contributed by atoms with van der Waals surface area (Å²) in [5.74, 6) is 0.513. The molecule has 2 aromatic carbocycles. The van der Waals surface area contributed by atoms with Gasteiger partial charge in [0.05, 0.1) is 6.61 Å². The fourth-order valence-corrected chi connectivity index (χ4v) is 1.92. The summed E-state index contributed by atoms with van der Waals surface area (Å²) in [5.41, 5.74) is 8.31. The zero-order valence-corrected chi connectivity index (χ0v) is 11.0. The number of nitrogen functional groups attached to an aromatic ring is 1. The van der Waals surface area contributed by atoms with Crippen LogP contribution in [-0.2, 0) is 6.42 Å². The second-order valence-corrected chi connectivity index (χ2v) is 4.61. The van der Waals surface area contributed by atoms with Gasteiger partial charge in [-0.05, 0) is 61.2 Å². The van der Waals surface area contributed by atoms with Crippen LogP contribution >= 0.6 is 0 Å². The van der Waals surface area contributed by atoms with Crippen molar-refractivity contribution in [2.75, 3.05) is 12.3 Å². The lowest BCUT2D eigenvalue weighted by Crippen LogP contribution is -2.00. The lowest BCUT2D eigenvalue weighted by molar-refractivity contribution is 0.310. The molecule has 0 heterocycles. The summed E-state index contributed by atoms with van der Waals surface area (Å²) in [6.45, 7) is 2.34.